The number of hydrogen-bond donors (Lipinski definition) is 5. The molecule has 3 aliphatic heterocycles. The lowest BCUT2D eigenvalue weighted by atomic mass is 9.90. The Morgan fingerprint density at radius 1 is 0.480 bits per heavy atom. The minimum atomic E-state index is -1.96. The number of Topliss-reactive ketones (excluding diaryl/α,β-unsaturated/α-hetero) is 1. The number of carbonyl (C=O) groups is 1. The minimum Gasteiger partial charge on any atom is -0.413 e. The van der Waals surface area contributed by atoms with Crippen LogP contribution in [0.4, 0.5) is 0 Å². The number of nitrogens with two attached hydrogens (primary N) is 1. The summed E-state index contributed by atoms with van der Waals surface area (Å²) >= 11 is 0. The van der Waals surface area contributed by atoms with E-state index in [4.69, 9.17) is 50.9 Å². The molecular weight excluding hydrogens is 1120 g/mol. The van der Waals surface area contributed by atoms with Gasteiger partial charge in [-0.2, -0.15) is 0 Å². The van der Waals surface area contributed by atoms with Gasteiger partial charge in [-0.15, -0.1) is 0 Å². The third-order valence-corrected chi connectivity index (χ3v) is 19.3. The molecular formula is C48H109N3O15P2Si7. The molecule has 444 valence electrons. The standard InChI is InChI=1S/C21H50NO5PSi4.C18H40NO5PSi3.C9H19NO5/c1-15(24-29(3,4)5)17(22-28)19-21(27-32(12,13)14)20(26-31(9,10)11)18(16(2)23-19)25-30(6,7)8;1-12(20)14(19-25)16-18(24-28(9,10)11)17(23-27(6,7)8)15(13(2)21-16)22-26(3,4)5;1-3(11)5(10)9-8(14)7(13)6(12)4(2)15-9/h15-21,28H,1-14H3;13-18,25H,1-11H3;3-9,11-14H,10H2,1-2H3/t15-,16-,17-,18+,19-,20-,21+;13-,14-,15+,16-,17-,18+;3-,4-,5-,6+,7-,8-,9-/m111/s1. The first-order valence-electron chi connectivity index (χ1n) is 26.9. The van der Waals surface area contributed by atoms with Crippen LogP contribution in [-0.4, -0.2) is 206 Å². The molecule has 0 unspecified atom stereocenters. The van der Waals surface area contributed by atoms with E-state index in [9.17, 15) is 25.2 Å². The van der Waals surface area contributed by atoms with Gasteiger partial charge in [-0.25, -0.2) is 0 Å². The molecule has 0 spiro atoms. The molecule has 0 radical (unpaired) electrons. The smallest absolute Gasteiger partial charge is 0.184 e. The molecule has 0 aromatic carbocycles. The molecule has 20 atom stereocenters. The summed E-state index contributed by atoms with van der Waals surface area (Å²) in [6.07, 6.45) is -8.97. The summed E-state index contributed by atoms with van der Waals surface area (Å²) in [4.78, 5) is 12.3. The number of nitrogens with zero attached hydrogens (tertiary/aromatic N) is 2. The first-order chi connectivity index (χ1) is 33.4. The predicted molar refractivity (Wildman–Crippen MR) is 324 cm³/mol. The number of aliphatic hydroxyl groups excluding tert-OH is 4. The number of rotatable bonds is 22. The molecule has 0 amide bonds. The molecule has 3 heterocycles. The molecule has 27 heteroatoms. The van der Waals surface area contributed by atoms with Crippen LogP contribution < -0.4 is 5.73 Å². The Morgan fingerprint density at radius 2 is 0.800 bits per heavy atom. The van der Waals surface area contributed by atoms with E-state index in [-0.39, 0.29) is 66.8 Å². The maximum absolute atomic E-state index is 12.3. The topological polar surface area (TPSA) is 241 Å². The number of aliphatic hydroxyl groups is 4. The summed E-state index contributed by atoms with van der Waals surface area (Å²) in [5, 5.41) is 37.8. The quantitative estimate of drug-likeness (QED) is 0.0503. The zero-order valence-corrected chi connectivity index (χ0v) is 60.3. The monoisotopic (exact) mass is 1230 g/mol. The van der Waals surface area contributed by atoms with Crippen molar-refractivity contribution in [2.45, 2.75) is 301 Å². The van der Waals surface area contributed by atoms with Crippen molar-refractivity contribution in [2.24, 2.45) is 15.2 Å². The third-order valence-electron chi connectivity index (χ3n) is 11.7. The fourth-order valence-corrected chi connectivity index (χ4v) is 17.6. The molecule has 0 aromatic rings. The molecule has 0 aromatic heterocycles. The van der Waals surface area contributed by atoms with Gasteiger partial charge in [0.2, 0.25) is 0 Å². The van der Waals surface area contributed by atoms with Crippen molar-refractivity contribution in [1.29, 1.82) is 0 Å². The highest BCUT2D eigenvalue weighted by Gasteiger charge is 2.55. The molecule has 0 aliphatic carbocycles. The number of ketones is 1. The van der Waals surface area contributed by atoms with Crippen molar-refractivity contribution in [2.75, 3.05) is 0 Å². The van der Waals surface area contributed by atoms with Crippen LogP contribution in [0, 0.1) is 0 Å². The van der Waals surface area contributed by atoms with Crippen molar-refractivity contribution in [3.8, 4) is 0 Å². The Morgan fingerprint density at radius 3 is 1.11 bits per heavy atom. The fourth-order valence-electron chi connectivity index (χ4n) is 9.07. The lowest BCUT2D eigenvalue weighted by molar-refractivity contribution is -0.226. The van der Waals surface area contributed by atoms with Crippen LogP contribution in [0.3, 0.4) is 0 Å². The molecule has 3 rings (SSSR count). The Balaban J connectivity index is 0.000000596. The van der Waals surface area contributed by atoms with E-state index in [0.717, 1.165) is 0 Å². The highest BCUT2D eigenvalue weighted by molar-refractivity contribution is 7.04. The minimum absolute atomic E-state index is 0.0623. The Labute approximate surface area is 466 Å². The molecule has 0 bridgehead atoms. The lowest BCUT2D eigenvalue weighted by Crippen LogP contribution is -2.67. The van der Waals surface area contributed by atoms with Crippen LogP contribution in [0.5, 0.6) is 0 Å². The molecule has 3 saturated heterocycles. The zero-order chi connectivity index (χ0) is 59.1. The van der Waals surface area contributed by atoms with Crippen molar-refractivity contribution in [3.05, 3.63) is 0 Å². The number of ether oxygens (including phenoxy) is 3. The molecule has 0 saturated carbocycles. The van der Waals surface area contributed by atoms with Crippen molar-refractivity contribution in [3.63, 3.8) is 0 Å². The van der Waals surface area contributed by atoms with Crippen LogP contribution >= 0.6 is 18.1 Å². The SMILES string of the molecule is CC(=O)[C@@H](N=P)[C@H]1O[C@H](C)[C@H](O[Si](C)(C)C)[C@@H](O[Si](C)(C)C)[C@H]1O[Si](C)(C)C.C[C@@H](O)[C@@H](N)[C@H]1O[C@H](C)[C@H](O)[C@@H](O)[C@H]1O.C[C@@H](O[Si](C)(C)C)[C@@H](N=P)[C@H]1O[C@H](C)[C@H](O[Si](C)(C)C)[C@@H](O[Si](C)(C)C)[C@H]1O[Si](C)(C)C. The van der Waals surface area contributed by atoms with Crippen molar-refractivity contribution >= 4 is 82.1 Å². The van der Waals surface area contributed by atoms with Gasteiger partial charge in [-0.3, -0.25) is 14.3 Å². The second-order valence-corrected chi connectivity index (χ2v) is 59.4. The van der Waals surface area contributed by atoms with Gasteiger partial charge in [0.25, 0.3) is 0 Å². The van der Waals surface area contributed by atoms with Gasteiger partial charge in [0.05, 0.1) is 61.0 Å². The summed E-state index contributed by atoms with van der Waals surface area (Å²) in [6.45, 7) is 56.7. The maximum atomic E-state index is 12.3. The van der Waals surface area contributed by atoms with Crippen LogP contribution in [0.2, 0.25) is 137 Å². The summed E-state index contributed by atoms with van der Waals surface area (Å²) in [6, 6.07) is -1.67. The highest BCUT2D eigenvalue weighted by Crippen LogP contribution is 2.38. The van der Waals surface area contributed by atoms with Crippen LogP contribution in [0.15, 0.2) is 9.49 Å². The summed E-state index contributed by atoms with van der Waals surface area (Å²) < 4.78 is 73.6. The molecule has 3 aliphatic rings. The summed E-state index contributed by atoms with van der Waals surface area (Å²) in [5.74, 6) is -0.0623. The van der Waals surface area contributed by atoms with Crippen molar-refractivity contribution < 1.29 is 70.4 Å². The van der Waals surface area contributed by atoms with Gasteiger partial charge in [-0.1, -0.05) is 0 Å². The van der Waals surface area contributed by atoms with Gasteiger partial charge in [0.1, 0.15) is 60.9 Å². The van der Waals surface area contributed by atoms with E-state index in [0.29, 0.717) is 0 Å². The second-order valence-electron chi connectivity index (χ2n) is 27.6. The average molecular weight is 1230 g/mol. The Kier molecular flexibility index (Phi) is 28.9. The number of hydrogen-bond acceptors (Lipinski definition) is 18. The van der Waals surface area contributed by atoms with Crippen LogP contribution in [0.25, 0.3) is 0 Å². The van der Waals surface area contributed by atoms with Crippen LogP contribution in [0.1, 0.15) is 41.5 Å². The average Bonchev–Trinajstić information content (AvgIpc) is 3.18. The van der Waals surface area contributed by atoms with E-state index >= 15 is 0 Å². The maximum Gasteiger partial charge on any atom is 0.184 e. The van der Waals surface area contributed by atoms with E-state index in [1.807, 2.05) is 6.92 Å². The lowest BCUT2D eigenvalue weighted by Gasteiger charge is -2.52. The first kappa shape index (κ1) is 73.8. The van der Waals surface area contributed by atoms with E-state index in [1.165, 1.54) is 13.8 Å². The van der Waals surface area contributed by atoms with E-state index in [2.05, 4.69) is 179 Å². The summed E-state index contributed by atoms with van der Waals surface area (Å²) in [5.41, 5.74) is 5.62. The largest absolute Gasteiger partial charge is 0.413 e. The normalized spacial score (nSPS) is 33.6. The first-order valence-corrected chi connectivity index (χ1v) is 51.6. The highest BCUT2D eigenvalue weighted by atomic mass is 31.0. The molecule has 6 N–H and O–H groups in total. The fraction of sp³-hybridized carbons (Fsp3) is 0.979. The predicted octanol–water partition coefficient (Wildman–Crippen LogP) is 8.65. The summed E-state index contributed by atoms with van der Waals surface area (Å²) in [7, 11) is -6.52. The van der Waals surface area contributed by atoms with Crippen LogP contribution in [-0.2, 0) is 50.0 Å². The van der Waals surface area contributed by atoms with Gasteiger partial charge in [-0.05, 0) is 197 Å². The van der Waals surface area contributed by atoms with Gasteiger partial charge >= 0.3 is 0 Å². The third kappa shape index (κ3) is 25.9. The second kappa shape index (κ2) is 29.3. The number of carbonyl (C=O) groups excluding carboxylic acids is 1. The Bertz CT molecular complexity index is 1760. The van der Waals surface area contributed by atoms with Gasteiger partial charge in [0.15, 0.2) is 64.0 Å². The van der Waals surface area contributed by atoms with E-state index < -0.39 is 119 Å². The Hall–Kier alpha value is 0.788. The van der Waals surface area contributed by atoms with Gasteiger partial charge in [0, 0.05) is 0 Å². The zero-order valence-electron chi connectivity index (χ0n) is 51.3. The van der Waals surface area contributed by atoms with Gasteiger partial charge < -0.3 is 71.4 Å². The molecule has 75 heavy (non-hydrogen) atoms. The molecule has 18 nitrogen and oxygen atoms in total. The van der Waals surface area contributed by atoms with Crippen molar-refractivity contribution in [1.82, 2.24) is 0 Å². The molecule has 3 fully saturated rings. The van der Waals surface area contributed by atoms with E-state index in [1.54, 1.807) is 6.92 Å².